The Balaban J connectivity index is 1.78. The highest BCUT2D eigenvalue weighted by Gasteiger charge is 2.22. The van der Waals surface area contributed by atoms with Gasteiger partial charge in [-0.25, -0.2) is 0 Å². The maximum atomic E-state index is 12.8. The topological polar surface area (TPSA) is 34.1 Å². The first-order chi connectivity index (χ1) is 16.5. The SMILES string of the molecule is CCCCCCCCCCC(=O)c1sc2c(Br)c(CC(=O)CCCCCCCCC)sc2c1Br. The molecule has 0 saturated heterocycles. The number of carbonyl (C=O) groups is 2. The van der Waals surface area contributed by atoms with Gasteiger partial charge in [-0.2, -0.15) is 0 Å². The number of fused-ring (bicyclic) bond motifs is 1. The Bertz CT molecular complexity index is 885. The van der Waals surface area contributed by atoms with E-state index in [-0.39, 0.29) is 5.78 Å². The molecule has 34 heavy (non-hydrogen) atoms. The van der Waals surface area contributed by atoms with Crippen molar-refractivity contribution in [1.29, 1.82) is 0 Å². The Labute approximate surface area is 231 Å². The third kappa shape index (κ3) is 10.1. The van der Waals surface area contributed by atoms with Crippen LogP contribution in [-0.4, -0.2) is 11.6 Å². The van der Waals surface area contributed by atoms with Crippen molar-refractivity contribution in [3.63, 3.8) is 0 Å². The zero-order chi connectivity index (χ0) is 24.8. The van der Waals surface area contributed by atoms with Crippen molar-refractivity contribution in [3.05, 3.63) is 18.7 Å². The molecule has 0 aliphatic heterocycles. The van der Waals surface area contributed by atoms with Crippen LogP contribution in [0.5, 0.6) is 0 Å². The van der Waals surface area contributed by atoms with Gasteiger partial charge >= 0.3 is 0 Å². The first-order valence-corrected chi connectivity index (χ1v) is 16.7. The van der Waals surface area contributed by atoms with Crippen LogP contribution in [0, 0.1) is 0 Å². The molecule has 0 saturated carbocycles. The van der Waals surface area contributed by atoms with Gasteiger partial charge in [0.2, 0.25) is 0 Å². The molecule has 0 N–H and O–H groups in total. The van der Waals surface area contributed by atoms with Gasteiger partial charge in [-0.1, -0.05) is 97.3 Å². The predicted octanol–water partition coefficient (Wildman–Crippen LogP) is 11.5. The van der Waals surface area contributed by atoms with E-state index in [4.69, 9.17) is 0 Å². The fourth-order valence-corrected chi connectivity index (χ4v) is 8.75. The van der Waals surface area contributed by atoms with Gasteiger partial charge in [0.05, 0.1) is 18.7 Å². The molecule has 0 radical (unpaired) electrons. The molecule has 2 aromatic heterocycles. The van der Waals surface area contributed by atoms with Crippen LogP contribution in [0.4, 0.5) is 0 Å². The lowest BCUT2D eigenvalue weighted by molar-refractivity contribution is -0.118. The monoisotopic (exact) mass is 632 g/mol. The summed E-state index contributed by atoms with van der Waals surface area (Å²) in [5, 5.41) is 0. The highest BCUT2D eigenvalue weighted by Crippen LogP contribution is 2.47. The Kier molecular flexibility index (Phi) is 15.5. The average molecular weight is 635 g/mol. The minimum atomic E-state index is 0.245. The summed E-state index contributed by atoms with van der Waals surface area (Å²) in [4.78, 5) is 27.3. The van der Waals surface area contributed by atoms with Crippen LogP contribution >= 0.6 is 54.5 Å². The minimum absolute atomic E-state index is 0.245. The minimum Gasteiger partial charge on any atom is -0.299 e. The van der Waals surface area contributed by atoms with Crippen LogP contribution in [-0.2, 0) is 11.2 Å². The first-order valence-electron chi connectivity index (χ1n) is 13.4. The summed E-state index contributed by atoms with van der Waals surface area (Å²) in [5.41, 5.74) is 0. The predicted molar refractivity (Wildman–Crippen MR) is 158 cm³/mol. The summed E-state index contributed by atoms with van der Waals surface area (Å²) in [6.07, 6.45) is 20.4. The van der Waals surface area contributed by atoms with Crippen molar-refractivity contribution in [2.75, 3.05) is 0 Å². The molecule has 0 atom stereocenters. The number of halogens is 2. The molecule has 0 aromatic carbocycles. The van der Waals surface area contributed by atoms with Gasteiger partial charge in [0.25, 0.3) is 0 Å². The molecule has 0 unspecified atom stereocenters. The van der Waals surface area contributed by atoms with Crippen molar-refractivity contribution in [3.8, 4) is 0 Å². The van der Waals surface area contributed by atoms with E-state index in [0.29, 0.717) is 25.0 Å². The van der Waals surface area contributed by atoms with E-state index >= 15 is 0 Å². The largest absolute Gasteiger partial charge is 0.299 e. The van der Waals surface area contributed by atoms with Gasteiger partial charge in [-0.15, -0.1) is 22.7 Å². The van der Waals surface area contributed by atoms with Gasteiger partial charge in [0, 0.05) is 28.6 Å². The molecule has 2 heterocycles. The number of thiophene rings is 2. The highest BCUT2D eigenvalue weighted by molar-refractivity contribution is 9.11. The first kappa shape index (κ1) is 30.2. The van der Waals surface area contributed by atoms with E-state index < -0.39 is 0 Å². The fourth-order valence-electron chi connectivity index (χ4n) is 4.30. The lowest BCUT2D eigenvalue weighted by Gasteiger charge is -2.02. The zero-order valence-electron chi connectivity index (χ0n) is 21.1. The van der Waals surface area contributed by atoms with Crippen LogP contribution in [0.2, 0.25) is 0 Å². The molecule has 0 aliphatic carbocycles. The van der Waals surface area contributed by atoms with Crippen molar-refractivity contribution in [2.24, 2.45) is 0 Å². The maximum absolute atomic E-state index is 12.8. The average Bonchev–Trinajstić information content (AvgIpc) is 3.30. The molecular weight excluding hydrogens is 592 g/mol. The summed E-state index contributed by atoms with van der Waals surface area (Å²) in [6.45, 7) is 4.48. The molecule has 0 aliphatic rings. The van der Waals surface area contributed by atoms with E-state index in [0.717, 1.165) is 53.8 Å². The standard InChI is InChI=1S/C28H42Br2O2S2/c1-3-5-7-9-11-13-15-17-19-22(32)26-25(30)28-27(34-26)24(29)23(33-28)20-21(31)18-16-14-12-10-8-6-4-2/h3-20H2,1-2H3. The number of unbranched alkanes of at least 4 members (excludes halogenated alkanes) is 13. The van der Waals surface area contributed by atoms with E-state index in [9.17, 15) is 9.59 Å². The number of ketones is 2. The lowest BCUT2D eigenvalue weighted by atomic mass is 10.1. The number of hydrogen-bond donors (Lipinski definition) is 0. The molecular formula is C28H42Br2O2S2. The number of Topliss-reactive ketones (excluding diaryl/α,β-unsaturated/α-hetero) is 2. The zero-order valence-corrected chi connectivity index (χ0v) is 25.9. The number of carbonyl (C=O) groups excluding carboxylic acids is 2. The van der Waals surface area contributed by atoms with Crippen molar-refractivity contribution >= 4 is 75.5 Å². The van der Waals surface area contributed by atoms with Crippen LogP contribution < -0.4 is 0 Å². The quantitative estimate of drug-likeness (QED) is 0.107. The summed E-state index contributed by atoms with van der Waals surface area (Å²) in [5.74, 6) is 0.569. The van der Waals surface area contributed by atoms with Gasteiger partial charge in [-0.05, 0) is 44.7 Å². The van der Waals surface area contributed by atoms with E-state index in [1.54, 1.807) is 22.7 Å². The van der Waals surface area contributed by atoms with Gasteiger partial charge in [0.1, 0.15) is 5.78 Å². The smallest absolute Gasteiger partial charge is 0.174 e. The molecule has 6 heteroatoms. The molecule has 0 bridgehead atoms. The summed E-state index contributed by atoms with van der Waals surface area (Å²) < 4.78 is 4.15. The molecule has 0 fully saturated rings. The third-order valence-electron chi connectivity index (χ3n) is 6.41. The molecule has 192 valence electrons. The maximum Gasteiger partial charge on any atom is 0.174 e. The molecule has 0 amide bonds. The molecule has 2 aromatic rings. The van der Waals surface area contributed by atoms with Crippen LogP contribution in [0.1, 0.15) is 138 Å². The second kappa shape index (κ2) is 17.4. The van der Waals surface area contributed by atoms with Crippen LogP contribution in [0.25, 0.3) is 9.40 Å². The van der Waals surface area contributed by atoms with Gasteiger partial charge in [0.15, 0.2) is 5.78 Å². The molecule has 0 spiro atoms. The van der Waals surface area contributed by atoms with E-state index in [1.807, 2.05) is 0 Å². The summed E-state index contributed by atoms with van der Waals surface area (Å²) in [7, 11) is 0. The molecule has 2 rings (SSSR count). The Morgan fingerprint density at radius 1 is 0.618 bits per heavy atom. The Morgan fingerprint density at radius 2 is 1.09 bits per heavy atom. The Hall–Kier alpha value is -0.0400. The summed E-state index contributed by atoms with van der Waals surface area (Å²) >= 11 is 10.7. The number of rotatable bonds is 20. The lowest BCUT2D eigenvalue weighted by Crippen LogP contribution is -2.01. The van der Waals surface area contributed by atoms with E-state index in [2.05, 4.69) is 45.7 Å². The van der Waals surface area contributed by atoms with Gasteiger partial charge < -0.3 is 0 Å². The van der Waals surface area contributed by atoms with Crippen molar-refractivity contribution < 1.29 is 9.59 Å². The third-order valence-corrected chi connectivity index (χ3v) is 11.7. The highest BCUT2D eigenvalue weighted by atomic mass is 79.9. The van der Waals surface area contributed by atoms with Crippen LogP contribution in [0.3, 0.4) is 0 Å². The van der Waals surface area contributed by atoms with Crippen molar-refractivity contribution in [1.82, 2.24) is 0 Å². The van der Waals surface area contributed by atoms with Crippen LogP contribution in [0.15, 0.2) is 8.95 Å². The fraction of sp³-hybridized carbons (Fsp3) is 0.714. The van der Waals surface area contributed by atoms with E-state index in [1.165, 1.54) is 70.6 Å². The van der Waals surface area contributed by atoms with Gasteiger partial charge in [-0.3, -0.25) is 9.59 Å². The number of hydrogen-bond acceptors (Lipinski definition) is 4. The second-order valence-electron chi connectivity index (χ2n) is 9.48. The normalized spacial score (nSPS) is 11.5. The van der Waals surface area contributed by atoms with Crippen molar-refractivity contribution in [2.45, 2.75) is 129 Å². The Morgan fingerprint density at radius 3 is 1.62 bits per heavy atom. The second-order valence-corrected chi connectivity index (χ2v) is 13.2. The molecule has 2 nitrogen and oxygen atoms in total. The summed E-state index contributed by atoms with van der Waals surface area (Å²) in [6, 6.07) is 0.